The average molecular weight is 767 g/mol. The van der Waals surface area contributed by atoms with E-state index in [-0.39, 0.29) is 6.92 Å². The van der Waals surface area contributed by atoms with Gasteiger partial charge in [-0.15, -0.1) is 0 Å². The summed E-state index contributed by atoms with van der Waals surface area (Å²) >= 11 is 0. The molecule has 2 aliphatic heterocycles. The van der Waals surface area contributed by atoms with Gasteiger partial charge in [0.15, 0.2) is 0 Å². The van der Waals surface area contributed by atoms with Crippen molar-refractivity contribution in [3.63, 3.8) is 0 Å². The highest BCUT2D eigenvalue weighted by atomic mass is 16.5. The van der Waals surface area contributed by atoms with Crippen LogP contribution in [-0.2, 0) is 0 Å². The van der Waals surface area contributed by atoms with Gasteiger partial charge < -0.3 is 22.9 Å². The number of ether oxygens (including phenoxy) is 1. The number of furan rings is 1. The Balaban J connectivity index is 0.912. The zero-order valence-electron chi connectivity index (χ0n) is 32.1. The van der Waals surface area contributed by atoms with Crippen molar-refractivity contribution in [1.82, 2.24) is 9.13 Å². The van der Waals surface area contributed by atoms with Crippen molar-refractivity contribution in [3.05, 3.63) is 188 Å². The third kappa shape index (κ3) is 4.31. The molecule has 0 saturated carbocycles. The summed E-state index contributed by atoms with van der Waals surface area (Å²) in [4.78, 5) is 0. The molecule has 0 saturated heterocycles. The summed E-state index contributed by atoms with van der Waals surface area (Å²) in [6.07, 6.45) is 0. The Morgan fingerprint density at radius 3 is 1.85 bits per heavy atom. The molecule has 278 valence electrons. The molecule has 0 bridgehead atoms. The van der Waals surface area contributed by atoms with Gasteiger partial charge in [-0.3, -0.25) is 0 Å². The van der Waals surface area contributed by atoms with Crippen LogP contribution in [0.3, 0.4) is 0 Å². The molecule has 2 aliphatic rings. The van der Waals surface area contributed by atoms with Gasteiger partial charge in [-0.1, -0.05) is 115 Å². The minimum atomic E-state index is -0.340. The number of hydrogen-bond acceptors (Lipinski definition) is 3. The second kappa shape index (κ2) is 11.8. The molecule has 5 nitrogen and oxygen atoms in total. The summed E-state index contributed by atoms with van der Waals surface area (Å²) in [6, 6.07) is 66.8. The van der Waals surface area contributed by atoms with Gasteiger partial charge in [0.05, 0.1) is 33.1 Å². The van der Waals surface area contributed by atoms with E-state index < -0.39 is 0 Å². The lowest BCUT2D eigenvalue weighted by atomic mass is 9.50. The highest BCUT2D eigenvalue weighted by Crippen LogP contribution is 2.44. The van der Waals surface area contributed by atoms with E-state index in [0.717, 1.165) is 106 Å². The molecule has 0 aliphatic carbocycles. The molecular formula is C54H31BN2O3. The summed E-state index contributed by atoms with van der Waals surface area (Å²) in [5, 5.41) is 7.01. The first-order valence-corrected chi connectivity index (χ1v) is 20.4. The fraction of sp³-hybridized carbons (Fsp3) is 0. The third-order valence-corrected chi connectivity index (χ3v) is 12.8. The van der Waals surface area contributed by atoms with Crippen LogP contribution in [-0.4, -0.2) is 16.0 Å². The smallest absolute Gasteiger partial charge is 0.434 e. The van der Waals surface area contributed by atoms with Crippen molar-refractivity contribution < 1.29 is 13.8 Å². The van der Waals surface area contributed by atoms with Crippen LogP contribution in [0.5, 0.6) is 17.2 Å². The van der Waals surface area contributed by atoms with Gasteiger partial charge in [0.25, 0.3) is 0 Å². The van der Waals surface area contributed by atoms with Crippen LogP contribution < -0.4 is 20.3 Å². The normalized spacial score (nSPS) is 12.9. The van der Waals surface area contributed by atoms with Gasteiger partial charge in [0.1, 0.15) is 28.4 Å². The Morgan fingerprint density at radius 2 is 1.05 bits per heavy atom. The molecule has 60 heavy (non-hydrogen) atoms. The van der Waals surface area contributed by atoms with Crippen LogP contribution in [0.15, 0.2) is 192 Å². The molecule has 0 amide bonds. The van der Waals surface area contributed by atoms with Gasteiger partial charge in [0.2, 0.25) is 0 Å². The standard InChI is InChI=1S/C54H31BN2O3/c1-6-16-44-36(11-1)37-12-2-7-17-45(37)56(44)34-24-21-32(22-25-34)33-23-28-50-43(29-33)55-53-42(39-14-5-10-20-49(39)60-55)30-35(31-51(53)58-50)57-46-18-8-3-15-41(46)52-47(57)27-26-40-38-13-4-9-19-48(38)59-54(40)52/h1-31H. The SMILES string of the molecule is c1ccc2c(c1)OB1c3cc(-c4ccc(-n5c6ccccc6c6ccccc65)cc4)ccc3Oc3cc(-n4c5ccccc5c5c6oc7ccccc7c6ccc54)cc-2c31. The van der Waals surface area contributed by atoms with E-state index in [0.29, 0.717) is 0 Å². The molecule has 12 aromatic rings. The van der Waals surface area contributed by atoms with Gasteiger partial charge in [-0.2, -0.15) is 0 Å². The summed E-state index contributed by atoms with van der Waals surface area (Å²) in [5.41, 5.74) is 15.0. The molecule has 5 heterocycles. The van der Waals surface area contributed by atoms with E-state index >= 15 is 0 Å². The maximum Gasteiger partial charge on any atom is 0.434 e. The predicted molar refractivity (Wildman–Crippen MR) is 245 cm³/mol. The first-order valence-electron chi connectivity index (χ1n) is 20.4. The van der Waals surface area contributed by atoms with E-state index in [2.05, 4.69) is 185 Å². The number of rotatable bonds is 3. The van der Waals surface area contributed by atoms with E-state index in [9.17, 15) is 0 Å². The first kappa shape index (κ1) is 32.1. The van der Waals surface area contributed by atoms with Gasteiger partial charge >= 0.3 is 6.92 Å². The molecule has 3 aromatic heterocycles. The zero-order valence-corrected chi connectivity index (χ0v) is 32.1. The quantitative estimate of drug-likeness (QED) is 0.168. The predicted octanol–water partition coefficient (Wildman–Crippen LogP) is 12.7. The lowest BCUT2D eigenvalue weighted by molar-refractivity contribution is 0.479. The molecule has 6 heteroatoms. The summed E-state index contributed by atoms with van der Waals surface area (Å²) in [6.45, 7) is -0.340. The average Bonchev–Trinajstić information content (AvgIpc) is 3.97. The Labute approximate surface area is 344 Å². The largest absolute Gasteiger partial charge is 0.551 e. The second-order valence-electron chi connectivity index (χ2n) is 16.0. The van der Waals surface area contributed by atoms with Crippen LogP contribution in [0.2, 0.25) is 0 Å². The molecule has 0 N–H and O–H groups in total. The van der Waals surface area contributed by atoms with E-state index in [1.807, 2.05) is 12.1 Å². The first-order chi connectivity index (χ1) is 29.7. The van der Waals surface area contributed by atoms with Crippen LogP contribution in [0.4, 0.5) is 0 Å². The van der Waals surface area contributed by atoms with Crippen molar-refractivity contribution in [3.8, 4) is 50.9 Å². The van der Waals surface area contributed by atoms with E-state index in [1.54, 1.807) is 0 Å². The molecule has 0 radical (unpaired) electrons. The third-order valence-electron chi connectivity index (χ3n) is 12.8. The highest BCUT2D eigenvalue weighted by Gasteiger charge is 2.41. The van der Waals surface area contributed by atoms with Gasteiger partial charge in [-0.25, -0.2) is 0 Å². The Bertz CT molecular complexity index is 3740. The fourth-order valence-corrected chi connectivity index (χ4v) is 10.2. The number of nitrogens with zero attached hydrogens (tertiary/aromatic N) is 2. The number of hydrogen-bond donors (Lipinski definition) is 0. The summed E-state index contributed by atoms with van der Waals surface area (Å²) in [7, 11) is 0. The van der Waals surface area contributed by atoms with Crippen molar-refractivity contribution >= 4 is 83.4 Å². The number of para-hydroxylation sites is 5. The van der Waals surface area contributed by atoms with Crippen LogP contribution in [0.25, 0.3) is 99.2 Å². The maximum absolute atomic E-state index is 6.95. The number of benzene rings is 9. The van der Waals surface area contributed by atoms with Crippen LogP contribution >= 0.6 is 0 Å². The number of fused-ring (bicyclic) bond motifs is 14. The molecular weight excluding hydrogens is 735 g/mol. The summed E-state index contributed by atoms with van der Waals surface area (Å²) in [5.74, 6) is 2.46. The van der Waals surface area contributed by atoms with Gasteiger partial charge in [-0.05, 0) is 83.4 Å². The van der Waals surface area contributed by atoms with Crippen molar-refractivity contribution in [2.45, 2.75) is 0 Å². The van der Waals surface area contributed by atoms with E-state index in [4.69, 9.17) is 13.8 Å². The minimum Gasteiger partial charge on any atom is -0.551 e. The Hall–Kier alpha value is -7.96. The molecule has 9 aromatic carbocycles. The van der Waals surface area contributed by atoms with Crippen molar-refractivity contribution in [1.29, 1.82) is 0 Å². The van der Waals surface area contributed by atoms with Crippen LogP contribution in [0.1, 0.15) is 0 Å². The zero-order chi connectivity index (χ0) is 39.1. The van der Waals surface area contributed by atoms with E-state index in [1.165, 1.54) is 21.8 Å². The molecule has 0 fully saturated rings. The van der Waals surface area contributed by atoms with Crippen LogP contribution in [0, 0.1) is 0 Å². The van der Waals surface area contributed by atoms with Crippen molar-refractivity contribution in [2.75, 3.05) is 0 Å². The van der Waals surface area contributed by atoms with Crippen molar-refractivity contribution in [2.24, 2.45) is 0 Å². The molecule has 0 spiro atoms. The maximum atomic E-state index is 6.95. The lowest BCUT2D eigenvalue weighted by Gasteiger charge is -2.33. The fourth-order valence-electron chi connectivity index (χ4n) is 10.2. The second-order valence-corrected chi connectivity index (χ2v) is 16.0. The Kier molecular flexibility index (Phi) is 6.31. The molecule has 0 unspecified atom stereocenters. The number of aromatic nitrogens is 2. The summed E-state index contributed by atoms with van der Waals surface area (Å²) < 4.78 is 25.2. The van der Waals surface area contributed by atoms with Gasteiger partial charge in [0, 0.05) is 55.2 Å². The lowest BCUT2D eigenvalue weighted by Crippen LogP contribution is -2.53. The Morgan fingerprint density at radius 1 is 0.400 bits per heavy atom. The highest BCUT2D eigenvalue weighted by molar-refractivity contribution is 6.84. The monoisotopic (exact) mass is 766 g/mol. The minimum absolute atomic E-state index is 0.340. The topological polar surface area (TPSA) is 41.5 Å². The molecule has 14 rings (SSSR count). The molecule has 0 atom stereocenters.